The number of ketones is 4. The Hall–Kier alpha value is -4.29. The molecular weight excluding hydrogens is 466 g/mol. The lowest BCUT2D eigenvalue weighted by molar-refractivity contribution is -0.175. The molecule has 0 spiro atoms. The number of primary amides is 1. The van der Waals surface area contributed by atoms with Crippen LogP contribution in [0.2, 0.25) is 0 Å². The molecule has 3 aliphatic carbocycles. The van der Waals surface area contributed by atoms with Crippen LogP contribution in [0.15, 0.2) is 36.4 Å². The van der Waals surface area contributed by atoms with Crippen molar-refractivity contribution in [3.05, 3.63) is 58.7 Å². The van der Waals surface area contributed by atoms with E-state index in [2.05, 4.69) is 11.8 Å². The van der Waals surface area contributed by atoms with Crippen molar-refractivity contribution in [2.24, 2.45) is 29.4 Å². The van der Waals surface area contributed by atoms with Gasteiger partial charge in [-0.25, -0.2) is 0 Å². The molecule has 2 unspecified atom stereocenters. The van der Waals surface area contributed by atoms with Gasteiger partial charge in [0.1, 0.15) is 11.5 Å². The SMILES string of the molecule is NC(=O)C1C(=O)C[C@@H]2C[C@@H]3Cc4c(C#Cc5cccc(O)c5)ccc(O)c4C(=O)C3C(=O)[C@]2(O)C1=O. The third-order valence-corrected chi connectivity index (χ3v) is 7.47. The largest absolute Gasteiger partial charge is 0.508 e. The number of carbonyl (C=O) groups is 5. The van der Waals surface area contributed by atoms with Gasteiger partial charge in [-0.2, -0.15) is 0 Å². The number of benzene rings is 2. The van der Waals surface area contributed by atoms with Crippen molar-refractivity contribution in [1.82, 2.24) is 0 Å². The van der Waals surface area contributed by atoms with Gasteiger partial charge in [0.25, 0.3) is 0 Å². The Morgan fingerprint density at radius 2 is 1.75 bits per heavy atom. The minimum atomic E-state index is -2.68. The van der Waals surface area contributed by atoms with Crippen LogP contribution in [-0.4, -0.2) is 50.0 Å². The average molecular weight is 487 g/mol. The normalized spacial score (nSPS) is 28.9. The van der Waals surface area contributed by atoms with Crippen molar-refractivity contribution >= 4 is 29.0 Å². The molecule has 182 valence electrons. The molecule has 0 saturated heterocycles. The minimum absolute atomic E-state index is 0.0101. The van der Waals surface area contributed by atoms with Gasteiger partial charge in [-0.3, -0.25) is 24.0 Å². The zero-order chi connectivity index (χ0) is 25.9. The topological polar surface area (TPSA) is 172 Å². The summed E-state index contributed by atoms with van der Waals surface area (Å²) in [6, 6.07) is 9.12. The second-order valence-electron chi connectivity index (χ2n) is 9.53. The van der Waals surface area contributed by atoms with Crippen LogP contribution < -0.4 is 5.73 Å². The molecule has 2 aromatic carbocycles. The van der Waals surface area contributed by atoms with E-state index >= 15 is 0 Å². The molecule has 2 fully saturated rings. The molecule has 9 nitrogen and oxygen atoms in total. The Morgan fingerprint density at radius 1 is 1.00 bits per heavy atom. The van der Waals surface area contributed by atoms with E-state index in [1.54, 1.807) is 18.2 Å². The highest BCUT2D eigenvalue weighted by molar-refractivity contribution is 6.31. The van der Waals surface area contributed by atoms with E-state index in [0.29, 0.717) is 16.7 Å². The lowest BCUT2D eigenvalue weighted by Gasteiger charge is -2.48. The number of aromatic hydroxyl groups is 2. The number of Topliss-reactive ketones (excluding diaryl/α,β-unsaturated/α-hetero) is 4. The van der Waals surface area contributed by atoms with Crippen molar-refractivity contribution in [3.63, 3.8) is 0 Å². The molecule has 5 atom stereocenters. The molecule has 5 N–H and O–H groups in total. The quantitative estimate of drug-likeness (QED) is 0.331. The van der Waals surface area contributed by atoms with Gasteiger partial charge in [0.05, 0.1) is 11.5 Å². The van der Waals surface area contributed by atoms with Crippen LogP contribution in [0.1, 0.15) is 39.9 Å². The highest BCUT2D eigenvalue weighted by Crippen LogP contribution is 2.50. The van der Waals surface area contributed by atoms with Crippen LogP contribution in [0.5, 0.6) is 11.5 Å². The van der Waals surface area contributed by atoms with E-state index in [0.717, 1.165) is 0 Å². The monoisotopic (exact) mass is 487 g/mol. The summed E-state index contributed by atoms with van der Waals surface area (Å²) >= 11 is 0. The summed E-state index contributed by atoms with van der Waals surface area (Å²) in [5.41, 5.74) is 3.79. The average Bonchev–Trinajstić information content (AvgIpc) is 2.80. The van der Waals surface area contributed by atoms with Crippen molar-refractivity contribution in [3.8, 4) is 23.3 Å². The fourth-order valence-corrected chi connectivity index (χ4v) is 5.81. The highest BCUT2D eigenvalue weighted by atomic mass is 16.3. The van der Waals surface area contributed by atoms with E-state index in [1.165, 1.54) is 18.2 Å². The minimum Gasteiger partial charge on any atom is -0.508 e. The van der Waals surface area contributed by atoms with Gasteiger partial charge < -0.3 is 21.1 Å². The maximum Gasteiger partial charge on any atom is 0.235 e. The van der Waals surface area contributed by atoms with E-state index < -0.39 is 64.7 Å². The van der Waals surface area contributed by atoms with Crippen molar-refractivity contribution < 1.29 is 39.3 Å². The third kappa shape index (κ3) is 3.33. The maximum atomic E-state index is 13.5. The number of nitrogens with two attached hydrogens (primary N) is 1. The number of carbonyl (C=O) groups excluding carboxylic acids is 5. The number of rotatable bonds is 1. The van der Waals surface area contributed by atoms with Crippen molar-refractivity contribution in [2.45, 2.75) is 24.9 Å². The highest BCUT2D eigenvalue weighted by Gasteiger charge is 2.66. The molecule has 0 aliphatic heterocycles. The molecule has 1 amide bonds. The van der Waals surface area contributed by atoms with Gasteiger partial charge in [0, 0.05) is 23.5 Å². The molecule has 0 aromatic heterocycles. The summed E-state index contributed by atoms with van der Waals surface area (Å²) in [5, 5.41) is 31.4. The van der Waals surface area contributed by atoms with E-state index in [4.69, 9.17) is 5.73 Å². The van der Waals surface area contributed by atoms with Crippen molar-refractivity contribution in [1.29, 1.82) is 0 Å². The van der Waals surface area contributed by atoms with Gasteiger partial charge >= 0.3 is 0 Å². The van der Waals surface area contributed by atoms with Crippen LogP contribution in [0.3, 0.4) is 0 Å². The summed E-state index contributed by atoms with van der Waals surface area (Å²) in [6.07, 6.45) is -0.240. The standard InChI is InChI=1S/C27H21NO8/c28-26(35)22-19(31)11-15-9-14-10-17-13(5-4-12-2-1-3-16(29)8-12)6-7-18(30)21(17)23(32)20(14)24(33)27(15,36)25(22)34/h1-3,6-8,14-15,20,22,29-30,36H,9-11H2,(H2,28,35)/t14-,15+,20?,22?,27+/m1/s1. The smallest absolute Gasteiger partial charge is 0.235 e. The Kier molecular flexibility index (Phi) is 5.30. The summed E-state index contributed by atoms with van der Waals surface area (Å²) in [4.78, 5) is 64.1. The lowest BCUT2D eigenvalue weighted by Crippen LogP contribution is -2.68. The number of fused-ring (bicyclic) bond motifs is 3. The van der Waals surface area contributed by atoms with E-state index in [1.807, 2.05) is 0 Å². The van der Waals surface area contributed by atoms with Crippen molar-refractivity contribution in [2.75, 3.05) is 0 Å². The van der Waals surface area contributed by atoms with Crippen LogP contribution in [0.4, 0.5) is 0 Å². The zero-order valence-corrected chi connectivity index (χ0v) is 18.9. The molecule has 3 aliphatic rings. The zero-order valence-electron chi connectivity index (χ0n) is 18.9. The van der Waals surface area contributed by atoms with Crippen LogP contribution in [-0.2, 0) is 25.6 Å². The first-order valence-electron chi connectivity index (χ1n) is 11.4. The maximum absolute atomic E-state index is 13.5. The van der Waals surface area contributed by atoms with Gasteiger partial charge in [-0.15, -0.1) is 0 Å². The summed E-state index contributed by atoms with van der Waals surface area (Å²) in [6.45, 7) is 0. The summed E-state index contributed by atoms with van der Waals surface area (Å²) in [7, 11) is 0. The second kappa shape index (κ2) is 8.14. The first kappa shape index (κ1) is 23.5. The van der Waals surface area contributed by atoms with Gasteiger partial charge in [-0.1, -0.05) is 17.9 Å². The molecule has 0 radical (unpaired) electrons. The van der Waals surface area contributed by atoms with Gasteiger partial charge in [-0.05, 0) is 54.7 Å². The number of aliphatic hydroxyl groups is 1. The molecule has 0 heterocycles. The molecule has 2 saturated carbocycles. The predicted octanol–water partition coefficient (Wildman–Crippen LogP) is 0.432. The second-order valence-corrected chi connectivity index (χ2v) is 9.53. The molecule has 2 aromatic rings. The van der Waals surface area contributed by atoms with Crippen LogP contribution >= 0.6 is 0 Å². The number of hydrogen-bond donors (Lipinski definition) is 4. The molecular formula is C27H21NO8. The number of phenolic OH excluding ortho intramolecular Hbond substituents is 2. The summed E-state index contributed by atoms with van der Waals surface area (Å²) < 4.78 is 0. The van der Waals surface area contributed by atoms with E-state index in [-0.39, 0.29) is 29.9 Å². The van der Waals surface area contributed by atoms with Crippen LogP contribution in [0, 0.1) is 35.5 Å². The molecule has 36 heavy (non-hydrogen) atoms. The first-order chi connectivity index (χ1) is 17.0. The Morgan fingerprint density at radius 3 is 2.44 bits per heavy atom. The molecule has 0 bridgehead atoms. The number of phenols is 2. The molecule has 5 rings (SSSR count). The summed E-state index contributed by atoms with van der Waals surface area (Å²) in [5.74, 6) is -4.68. The number of hydrogen-bond acceptors (Lipinski definition) is 8. The van der Waals surface area contributed by atoms with Gasteiger partial charge in [0.15, 0.2) is 34.7 Å². The Balaban J connectivity index is 1.57. The lowest BCUT2D eigenvalue weighted by atomic mass is 9.53. The van der Waals surface area contributed by atoms with Gasteiger partial charge in [0.2, 0.25) is 5.91 Å². The fourth-order valence-electron chi connectivity index (χ4n) is 5.81. The Labute approximate surface area is 204 Å². The number of amides is 1. The Bertz CT molecular complexity index is 1450. The third-order valence-electron chi connectivity index (χ3n) is 7.47. The van der Waals surface area contributed by atoms with E-state index in [9.17, 15) is 39.3 Å². The predicted molar refractivity (Wildman–Crippen MR) is 123 cm³/mol. The van der Waals surface area contributed by atoms with Crippen LogP contribution in [0.25, 0.3) is 0 Å². The molecule has 9 heteroatoms. The first-order valence-corrected chi connectivity index (χ1v) is 11.4. The fraction of sp³-hybridized carbons (Fsp3) is 0.296.